The maximum Gasteiger partial charge on any atom is 0.317 e. The molecule has 1 aromatic carbocycles. The predicted octanol–water partition coefficient (Wildman–Crippen LogP) is 3.73. The Bertz CT molecular complexity index is 445. The van der Waals surface area contributed by atoms with Crippen molar-refractivity contribution in [3.63, 3.8) is 0 Å². The lowest BCUT2D eigenvalue weighted by molar-refractivity contribution is -0.150. The van der Waals surface area contributed by atoms with Gasteiger partial charge in [-0.1, -0.05) is 62.4 Å². The van der Waals surface area contributed by atoms with Gasteiger partial charge in [0.2, 0.25) is 0 Å². The van der Waals surface area contributed by atoms with Crippen LogP contribution in [0.5, 0.6) is 0 Å². The molecule has 2 N–H and O–H groups in total. The lowest BCUT2D eigenvalue weighted by Gasteiger charge is -2.31. The first kappa shape index (κ1) is 17.7. The van der Waals surface area contributed by atoms with Crippen LogP contribution >= 0.6 is 0 Å². The third-order valence-corrected chi connectivity index (χ3v) is 4.04. The van der Waals surface area contributed by atoms with E-state index >= 15 is 0 Å². The number of ether oxygens (including phenoxy) is 1. The summed E-state index contributed by atoms with van der Waals surface area (Å²) < 4.78 is 5.33. The number of nitrogens with two attached hydrogens (primary N) is 1. The van der Waals surface area contributed by atoms with E-state index in [9.17, 15) is 4.79 Å². The molecule has 0 saturated heterocycles. The highest BCUT2D eigenvalue weighted by Gasteiger charge is 2.39. The van der Waals surface area contributed by atoms with Gasteiger partial charge in [0.1, 0.15) is 5.41 Å². The molecular formula is C18H29NO2. The Morgan fingerprint density at radius 3 is 2.57 bits per heavy atom. The fourth-order valence-corrected chi connectivity index (χ4v) is 2.73. The zero-order chi connectivity index (χ0) is 15.7. The molecule has 118 valence electrons. The van der Waals surface area contributed by atoms with Crippen LogP contribution in [0.15, 0.2) is 24.3 Å². The molecule has 3 nitrogen and oxygen atoms in total. The van der Waals surface area contributed by atoms with Crippen molar-refractivity contribution in [2.75, 3.05) is 13.2 Å². The van der Waals surface area contributed by atoms with Crippen LogP contribution in [0, 0.1) is 6.92 Å². The zero-order valence-corrected chi connectivity index (χ0v) is 13.7. The summed E-state index contributed by atoms with van der Waals surface area (Å²) in [6.07, 6.45) is 5.25. The van der Waals surface area contributed by atoms with E-state index in [1.165, 1.54) is 12.8 Å². The van der Waals surface area contributed by atoms with Crippen molar-refractivity contribution in [3.8, 4) is 0 Å². The summed E-state index contributed by atoms with van der Waals surface area (Å²) in [6, 6.07) is 8.08. The number of hydrogen-bond donors (Lipinski definition) is 1. The lowest BCUT2D eigenvalue weighted by atomic mass is 9.75. The van der Waals surface area contributed by atoms with Crippen molar-refractivity contribution in [1.82, 2.24) is 0 Å². The lowest BCUT2D eigenvalue weighted by Crippen LogP contribution is -2.44. The smallest absolute Gasteiger partial charge is 0.317 e. The Morgan fingerprint density at radius 1 is 1.24 bits per heavy atom. The topological polar surface area (TPSA) is 52.3 Å². The molecule has 21 heavy (non-hydrogen) atoms. The zero-order valence-electron chi connectivity index (χ0n) is 13.7. The van der Waals surface area contributed by atoms with Crippen molar-refractivity contribution in [2.45, 2.75) is 58.3 Å². The van der Waals surface area contributed by atoms with Gasteiger partial charge in [-0.25, -0.2) is 0 Å². The number of rotatable bonds is 9. The van der Waals surface area contributed by atoms with Gasteiger partial charge >= 0.3 is 5.97 Å². The molecule has 0 heterocycles. The molecule has 1 aromatic rings. The molecular weight excluding hydrogens is 262 g/mol. The largest absolute Gasteiger partial charge is 0.465 e. The summed E-state index contributed by atoms with van der Waals surface area (Å²) >= 11 is 0. The van der Waals surface area contributed by atoms with E-state index < -0.39 is 5.41 Å². The second-order valence-electron chi connectivity index (χ2n) is 5.69. The monoisotopic (exact) mass is 291 g/mol. The van der Waals surface area contributed by atoms with Crippen molar-refractivity contribution < 1.29 is 9.53 Å². The molecule has 0 saturated carbocycles. The summed E-state index contributed by atoms with van der Waals surface area (Å²) in [7, 11) is 0. The first-order valence-corrected chi connectivity index (χ1v) is 8.05. The number of aryl methyl sites for hydroxylation is 1. The number of unbranched alkanes of at least 4 members (excludes halogenated alkanes) is 3. The van der Waals surface area contributed by atoms with Crippen LogP contribution in [0.2, 0.25) is 0 Å². The normalized spacial score (nSPS) is 13.7. The molecule has 1 rings (SSSR count). The quantitative estimate of drug-likeness (QED) is 0.557. The summed E-state index contributed by atoms with van der Waals surface area (Å²) in [5.74, 6) is -0.186. The number of hydrogen-bond acceptors (Lipinski definition) is 3. The molecule has 0 radical (unpaired) electrons. The maximum atomic E-state index is 12.6. The van der Waals surface area contributed by atoms with E-state index in [-0.39, 0.29) is 5.97 Å². The van der Waals surface area contributed by atoms with Crippen LogP contribution in [0.25, 0.3) is 0 Å². The molecule has 0 aliphatic heterocycles. The van der Waals surface area contributed by atoms with Crippen LogP contribution in [0.3, 0.4) is 0 Å². The van der Waals surface area contributed by atoms with Gasteiger partial charge in [-0.05, 0) is 25.8 Å². The molecule has 1 unspecified atom stereocenters. The first-order chi connectivity index (χ1) is 10.1. The van der Waals surface area contributed by atoms with Crippen molar-refractivity contribution in [1.29, 1.82) is 0 Å². The second kappa shape index (κ2) is 8.83. The van der Waals surface area contributed by atoms with E-state index in [4.69, 9.17) is 10.5 Å². The van der Waals surface area contributed by atoms with E-state index in [2.05, 4.69) is 13.0 Å². The van der Waals surface area contributed by atoms with Gasteiger partial charge in [-0.2, -0.15) is 0 Å². The van der Waals surface area contributed by atoms with E-state index in [1.54, 1.807) is 0 Å². The summed E-state index contributed by atoms with van der Waals surface area (Å²) in [5.41, 5.74) is 7.46. The first-order valence-electron chi connectivity index (χ1n) is 8.05. The van der Waals surface area contributed by atoms with E-state index in [1.807, 2.05) is 32.0 Å². The summed E-state index contributed by atoms with van der Waals surface area (Å²) in [6.45, 7) is 6.74. The van der Waals surface area contributed by atoms with Crippen LogP contribution < -0.4 is 5.73 Å². The Kier molecular flexibility index (Phi) is 7.44. The molecule has 0 fully saturated rings. The van der Waals surface area contributed by atoms with Gasteiger partial charge < -0.3 is 10.5 Å². The molecule has 0 amide bonds. The highest BCUT2D eigenvalue weighted by Crippen LogP contribution is 2.32. The Balaban J connectivity index is 3.04. The Hall–Kier alpha value is -1.35. The average molecular weight is 291 g/mol. The molecule has 0 aliphatic rings. The van der Waals surface area contributed by atoms with Gasteiger partial charge in [0, 0.05) is 6.54 Å². The SMILES string of the molecule is CCCCCCC(CN)(C(=O)OCC)c1cccc(C)c1. The van der Waals surface area contributed by atoms with Crippen molar-refractivity contribution in [3.05, 3.63) is 35.4 Å². The van der Waals surface area contributed by atoms with Crippen LogP contribution in [0.4, 0.5) is 0 Å². The number of benzene rings is 1. The van der Waals surface area contributed by atoms with Gasteiger partial charge in [0.15, 0.2) is 0 Å². The minimum Gasteiger partial charge on any atom is -0.465 e. The number of carbonyl (C=O) groups excluding carboxylic acids is 1. The minimum absolute atomic E-state index is 0.186. The minimum atomic E-state index is -0.699. The molecule has 0 bridgehead atoms. The van der Waals surface area contributed by atoms with E-state index in [0.29, 0.717) is 13.2 Å². The molecule has 0 spiro atoms. The number of esters is 1. The second-order valence-corrected chi connectivity index (χ2v) is 5.69. The summed E-state index contributed by atoms with van der Waals surface area (Å²) in [4.78, 5) is 12.6. The van der Waals surface area contributed by atoms with Crippen LogP contribution in [-0.2, 0) is 14.9 Å². The van der Waals surface area contributed by atoms with Crippen molar-refractivity contribution in [2.24, 2.45) is 5.73 Å². The maximum absolute atomic E-state index is 12.6. The molecule has 1 atom stereocenters. The molecule has 0 aliphatic carbocycles. The fraction of sp³-hybridized carbons (Fsp3) is 0.611. The molecule has 0 aromatic heterocycles. The van der Waals surface area contributed by atoms with Crippen LogP contribution in [-0.4, -0.2) is 19.1 Å². The Labute approximate surface area is 128 Å². The standard InChI is InChI=1S/C18H29NO2/c1-4-6-7-8-12-18(14-19,17(20)21-5-2)16-11-9-10-15(3)13-16/h9-11,13H,4-8,12,14,19H2,1-3H3. The number of carbonyl (C=O) groups is 1. The highest BCUT2D eigenvalue weighted by atomic mass is 16.5. The van der Waals surface area contributed by atoms with Crippen molar-refractivity contribution >= 4 is 5.97 Å². The average Bonchev–Trinajstić information content (AvgIpc) is 2.48. The van der Waals surface area contributed by atoms with Gasteiger partial charge in [0.25, 0.3) is 0 Å². The fourth-order valence-electron chi connectivity index (χ4n) is 2.73. The third kappa shape index (κ3) is 4.57. The summed E-state index contributed by atoms with van der Waals surface area (Å²) in [5, 5.41) is 0. The Morgan fingerprint density at radius 2 is 2.00 bits per heavy atom. The van der Waals surface area contributed by atoms with Gasteiger partial charge in [-0.3, -0.25) is 4.79 Å². The molecule has 3 heteroatoms. The van der Waals surface area contributed by atoms with Gasteiger partial charge in [0.05, 0.1) is 6.61 Å². The van der Waals surface area contributed by atoms with E-state index in [0.717, 1.165) is 30.4 Å². The third-order valence-electron chi connectivity index (χ3n) is 4.04. The highest BCUT2D eigenvalue weighted by molar-refractivity contribution is 5.83. The predicted molar refractivity (Wildman–Crippen MR) is 87.3 cm³/mol. The van der Waals surface area contributed by atoms with Crippen LogP contribution in [0.1, 0.15) is 57.1 Å². The van der Waals surface area contributed by atoms with Gasteiger partial charge in [-0.15, -0.1) is 0 Å².